The minimum Gasteiger partial charge on any atom is -0.310 e. The van der Waals surface area contributed by atoms with Gasteiger partial charge >= 0.3 is 0 Å². The summed E-state index contributed by atoms with van der Waals surface area (Å²) in [6.45, 7) is 3.69. The number of rotatable bonds is 4. The molecule has 1 atom stereocenters. The molecule has 0 aliphatic rings. The highest BCUT2D eigenvalue weighted by Crippen LogP contribution is 2.32. The Morgan fingerprint density at radius 3 is 2.76 bits per heavy atom. The third kappa shape index (κ3) is 4.63. The van der Waals surface area contributed by atoms with Crippen molar-refractivity contribution in [3.8, 4) is 0 Å². The Balaban J connectivity index is 2.04. The number of amides is 1. The number of aryl methyl sites for hydroxylation is 1. The lowest BCUT2D eigenvalue weighted by molar-refractivity contribution is -0.115. The van der Waals surface area contributed by atoms with Crippen LogP contribution >= 0.6 is 35.0 Å². The van der Waals surface area contributed by atoms with Crippen LogP contribution in [-0.4, -0.2) is 16.1 Å². The van der Waals surface area contributed by atoms with Crippen molar-refractivity contribution in [2.24, 2.45) is 0 Å². The molecule has 0 spiro atoms. The minimum absolute atomic E-state index is 0.130. The number of carbonyl (C=O) groups is 1. The van der Waals surface area contributed by atoms with E-state index in [4.69, 9.17) is 23.2 Å². The van der Waals surface area contributed by atoms with Crippen molar-refractivity contribution in [2.45, 2.75) is 24.0 Å². The van der Waals surface area contributed by atoms with E-state index >= 15 is 0 Å². The number of carbonyl (C=O) groups excluding carboxylic acids is 1. The molecule has 0 radical (unpaired) electrons. The van der Waals surface area contributed by atoms with Gasteiger partial charge < -0.3 is 5.32 Å². The van der Waals surface area contributed by atoms with Crippen molar-refractivity contribution in [1.82, 2.24) is 4.98 Å². The van der Waals surface area contributed by atoms with E-state index in [1.54, 1.807) is 24.3 Å². The summed E-state index contributed by atoms with van der Waals surface area (Å²) in [6.07, 6.45) is 0. The van der Waals surface area contributed by atoms with Crippen molar-refractivity contribution in [2.75, 3.05) is 5.32 Å². The van der Waals surface area contributed by atoms with E-state index in [2.05, 4.69) is 10.3 Å². The molecule has 1 aromatic heterocycles. The predicted molar refractivity (Wildman–Crippen MR) is 89.4 cm³/mol. The first-order valence-corrected chi connectivity index (χ1v) is 7.95. The fourth-order valence-corrected chi connectivity index (χ4v) is 3.06. The maximum absolute atomic E-state index is 12.2. The van der Waals surface area contributed by atoms with Gasteiger partial charge in [-0.3, -0.25) is 4.79 Å². The van der Waals surface area contributed by atoms with Gasteiger partial charge in [-0.25, -0.2) is 4.98 Å². The van der Waals surface area contributed by atoms with Gasteiger partial charge in [0.05, 0.1) is 10.3 Å². The van der Waals surface area contributed by atoms with Crippen LogP contribution < -0.4 is 5.32 Å². The standard InChI is InChI=1S/C15H14Cl2N2OS/c1-9-4-3-5-14(18-9)19-15(20)10(2)21-13-8-11(16)6-7-12(13)17/h3-8,10H,1-2H3,(H,18,19,20). The normalized spacial score (nSPS) is 12.0. The zero-order valence-electron chi connectivity index (χ0n) is 11.6. The molecule has 1 heterocycles. The average Bonchev–Trinajstić information content (AvgIpc) is 2.43. The van der Waals surface area contributed by atoms with Crippen molar-refractivity contribution >= 4 is 46.7 Å². The molecule has 1 unspecified atom stereocenters. The molecule has 0 aliphatic heterocycles. The summed E-state index contributed by atoms with van der Waals surface area (Å²) in [5.41, 5.74) is 0.853. The van der Waals surface area contributed by atoms with Gasteiger partial charge in [0.15, 0.2) is 0 Å². The smallest absolute Gasteiger partial charge is 0.238 e. The molecule has 6 heteroatoms. The van der Waals surface area contributed by atoms with Gasteiger partial charge in [-0.05, 0) is 44.2 Å². The Bertz CT molecular complexity index is 664. The minimum atomic E-state index is -0.316. The van der Waals surface area contributed by atoms with Gasteiger partial charge in [0.1, 0.15) is 5.82 Å². The van der Waals surface area contributed by atoms with Crippen LogP contribution in [0.25, 0.3) is 0 Å². The number of hydrogen-bond donors (Lipinski definition) is 1. The van der Waals surface area contributed by atoms with Crippen LogP contribution in [0.5, 0.6) is 0 Å². The summed E-state index contributed by atoms with van der Waals surface area (Å²) < 4.78 is 0. The number of nitrogens with one attached hydrogen (secondary N) is 1. The Labute approximate surface area is 138 Å². The van der Waals surface area contributed by atoms with E-state index in [9.17, 15) is 4.79 Å². The second-order valence-electron chi connectivity index (χ2n) is 4.49. The molecule has 1 N–H and O–H groups in total. The number of benzene rings is 1. The van der Waals surface area contributed by atoms with E-state index in [0.717, 1.165) is 10.6 Å². The number of thioether (sulfide) groups is 1. The summed E-state index contributed by atoms with van der Waals surface area (Å²) >= 11 is 13.4. The molecule has 0 bridgehead atoms. The fraction of sp³-hybridized carbons (Fsp3) is 0.200. The summed E-state index contributed by atoms with van der Waals surface area (Å²) in [4.78, 5) is 17.2. The Morgan fingerprint density at radius 2 is 2.05 bits per heavy atom. The maximum Gasteiger partial charge on any atom is 0.238 e. The Morgan fingerprint density at radius 1 is 1.29 bits per heavy atom. The summed E-state index contributed by atoms with van der Waals surface area (Å²) in [6, 6.07) is 10.7. The SMILES string of the molecule is Cc1cccc(NC(=O)C(C)Sc2cc(Cl)ccc2Cl)n1. The van der Waals surface area contributed by atoms with Crippen LogP contribution in [0, 0.1) is 6.92 Å². The first-order valence-electron chi connectivity index (χ1n) is 6.32. The molecule has 3 nitrogen and oxygen atoms in total. The van der Waals surface area contributed by atoms with Crippen LogP contribution in [0.15, 0.2) is 41.3 Å². The zero-order valence-corrected chi connectivity index (χ0v) is 13.9. The molecule has 1 aromatic carbocycles. The van der Waals surface area contributed by atoms with Crippen LogP contribution in [0.2, 0.25) is 10.0 Å². The van der Waals surface area contributed by atoms with Gasteiger partial charge in [-0.15, -0.1) is 11.8 Å². The highest BCUT2D eigenvalue weighted by Gasteiger charge is 2.16. The van der Waals surface area contributed by atoms with Gasteiger partial charge in [-0.2, -0.15) is 0 Å². The quantitative estimate of drug-likeness (QED) is 0.811. The van der Waals surface area contributed by atoms with Crippen molar-refractivity contribution in [3.63, 3.8) is 0 Å². The average molecular weight is 341 g/mol. The Kier molecular flexibility index (Phi) is 5.51. The predicted octanol–water partition coefficient (Wildman–Crippen LogP) is 4.82. The van der Waals surface area contributed by atoms with Crippen LogP contribution in [0.1, 0.15) is 12.6 Å². The lowest BCUT2D eigenvalue weighted by Gasteiger charge is -2.13. The number of aromatic nitrogens is 1. The van der Waals surface area contributed by atoms with Gasteiger partial charge in [0, 0.05) is 15.6 Å². The van der Waals surface area contributed by atoms with Crippen molar-refractivity contribution < 1.29 is 4.79 Å². The molecular weight excluding hydrogens is 327 g/mol. The third-order valence-corrected chi connectivity index (χ3v) is 4.54. The number of halogens is 2. The molecule has 2 rings (SSSR count). The summed E-state index contributed by atoms with van der Waals surface area (Å²) in [5.74, 6) is 0.416. The van der Waals surface area contributed by atoms with E-state index in [1.807, 2.05) is 26.0 Å². The largest absolute Gasteiger partial charge is 0.310 e. The molecule has 1 amide bonds. The molecule has 110 valence electrons. The number of hydrogen-bond acceptors (Lipinski definition) is 3. The second-order valence-corrected chi connectivity index (χ2v) is 6.71. The molecule has 2 aromatic rings. The number of nitrogens with zero attached hydrogens (tertiary/aromatic N) is 1. The van der Waals surface area contributed by atoms with Crippen LogP contribution in [0.3, 0.4) is 0 Å². The summed E-state index contributed by atoms with van der Waals surface area (Å²) in [5, 5.41) is 3.65. The Hall–Kier alpha value is -1.23. The molecule has 0 saturated carbocycles. The van der Waals surface area contributed by atoms with Crippen LogP contribution in [0.4, 0.5) is 5.82 Å². The van der Waals surface area contributed by atoms with E-state index in [1.165, 1.54) is 11.8 Å². The first kappa shape index (κ1) is 16.1. The van der Waals surface area contributed by atoms with E-state index in [0.29, 0.717) is 15.9 Å². The summed E-state index contributed by atoms with van der Waals surface area (Å²) in [7, 11) is 0. The van der Waals surface area contributed by atoms with Gasteiger partial charge in [0.25, 0.3) is 0 Å². The van der Waals surface area contributed by atoms with Crippen molar-refractivity contribution in [1.29, 1.82) is 0 Å². The molecule has 0 aliphatic carbocycles. The lowest BCUT2D eigenvalue weighted by Crippen LogP contribution is -2.23. The monoisotopic (exact) mass is 340 g/mol. The second kappa shape index (κ2) is 7.16. The van der Waals surface area contributed by atoms with E-state index in [-0.39, 0.29) is 11.2 Å². The van der Waals surface area contributed by atoms with E-state index < -0.39 is 0 Å². The first-order chi connectivity index (χ1) is 9.95. The molecule has 0 fully saturated rings. The number of anilines is 1. The van der Waals surface area contributed by atoms with Gasteiger partial charge in [-0.1, -0.05) is 29.3 Å². The third-order valence-electron chi connectivity index (χ3n) is 2.71. The molecular formula is C15H14Cl2N2OS. The topological polar surface area (TPSA) is 42.0 Å². The lowest BCUT2D eigenvalue weighted by atomic mass is 10.3. The molecule has 0 saturated heterocycles. The zero-order chi connectivity index (χ0) is 15.4. The van der Waals surface area contributed by atoms with Gasteiger partial charge in [0.2, 0.25) is 5.91 Å². The highest BCUT2D eigenvalue weighted by atomic mass is 35.5. The van der Waals surface area contributed by atoms with Crippen molar-refractivity contribution in [3.05, 3.63) is 52.1 Å². The maximum atomic E-state index is 12.2. The number of pyridine rings is 1. The fourth-order valence-electron chi connectivity index (χ4n) is 1.65. The van der Waals surface area contributed by atoms with Crippen LogP contribution in [-0.2, 0) is 4.79 Å². The highest BCUT2D eigenvalue weighted by molar-refractivity contribution is 8.00. The molecule has 21 heavy (non-hydrogen) atoms.